The molecule has 0 aliphatic carbocycles. The highest BCUT2D eigenvalue weighted by Crippen LogP contribution is 2.28. The van der Waals surface area contributed by atoms with Crippen molar-refractivity contribution in [2.45, 2.75) is 6.42 Å². The first-order valence-corrected chi connectivity index (χ1v) is 9.89. The molecule has 0 aromatic heterocycles. The lowest BCUT2D eigenvalue weighted by Gasteiger charge is -2.15. The Bertz CT molecular complexity index is 1080. The fourth-order valence-corrected chi connectivity index (χ4v) is 3.35. The van der Waals surface area contributed by atoms with Crippen molar-refractivity contribution >= 4 is 29.1 Å². The molecule has 0 unspecified atom stereocenters. The predicted molar refractivity (Wildman–Crippen MR) is 116 cm³/mol. The van der Waals surface area contributed by atoms with Gasteiger partial charge in [0.05, 0.1) is 0 Å². The molecule has 3 aromatic rings. The first-order chi connectivity index (χ1) is 14.6. The zero-order chi connectivity index (χ0) is 20.9. The molecular weight excluding hydrogens is 400 g/mol. The third-order valence-electron chi connectivity index (χ3n) is 4.68. The van der Waals surface area contributed by atoms with Crippen molar-refractivity contribution in [3.63, 3.8) is 0 Å². The molecule has 1 aliphatic rings. The van der Waals surface area contributed by atoms with Gasteiger partial charge in [-0.1, -0.05) is 60.1 Å². The second-order valence-electron chi connectivity index (χ2n) is 6.75. The van der Waals surface area contributed by atoms with Crippen LogP contribution in [-0.4, -0.2) is 23.3 Å². The number of anilines is 1. The second-order valence-corrected chi connectivity index (χ2v) is 7.13. The molecule has 1 aliphatic heterocycles. The van der Waals surface area contributed by atoms with Crippen LogP contribution in [0.3, 0.4) is 0 Å². The minimum atomic E-state index is -0.482. The fraction of sp³-hybridized carbons (Fsp3) is 0.0833. The van der Waals surface area contributed by atoms with E-state index in [1.165, 1.54) is 4.90 Å². The maximum atomic E-state index is 12.7. The topological polar surface area (TPSA) is 58.6 Å². The van der Waals surface area contributed by atoms with E-state index in [2.05, 4.69) is 5.32 Å². The van der Waals surface area contributed by atoms with Gasteiger partial charge in [0.25, 0.3) is 11.8 Å². The third-order valence-corrected chi connectivity index (χ3v) is 5.03. The Morgan fingerprint density at radius 1 is 0.767 bits per heavy atom. The average molecular weight is 419 g/mol. The minimum absolute atomic E-state index is 0.0893. The third kappa shape index (κ3) is 4.36. The lowest BCUT2D eigenvalue weighted by atomic mass is 10.1. The summed E-state index contributed by atoms with van der Waals surface area (Å²) >= 11 is 6.17. The van der Waals surface area contributed by atoms with Gasteiger partial charge in [0, 0.05) is 12.2 Å². The number of halogens is 1. The van der Waals surface area contributed by atoms with E-state index in [1.54, 1.807) is 24.3 Å². The molecule has 0 atom stereocenters. The maximum Gasteiger partial charge on any atom is 0.278 e. The molecule has 0 bridgehead atoms. The summed E-state index contributed by atoms with van der Waals surface area (Å²) in [6.07, 6.45) is 0.571. The summed E-state index contributed by atoms with van der Waals surface area (Å²) in [5.74, 6) is 0.481. The van der Waals surface area contributed by atoms with Gasteiger partial charge >= 0.3 is 0 Å². The molecule has 1 N–H and O–H groups in total. The number of imide groups is 1. The molecule has 0 saturated carbocycles. The van der Waals surface area contributed by atoms with E-state index in [1.807, 2.05) is 60.7 Å². The van der Waals surface area contributed by atoms with E-state index in [0.29, 0.717) is 17.9 Å². The molecule has 0 spiro atoms. The molecule has 4 rings (SSSR count). The number of hydrogen-bond acceptors (Lipinski definition) is 4. The summed E-state index contributed by atoms with van der Waals surface area (Å²) < 4.78 is 5.76. The van der Waals surface area contributed by atoms with Crippen LogP contribution < -0.4 is 10.1 Å². The van der Waals surface area contributed by atoms with Gasteiger partial charge in [-0.05, 0) is 48.4 Å². The van der Waals surface area contributed by atoms with Crippen LogP contribution in [0, 0.1) is 0 Å². The van der Waals surface area contributed by atoms with E-state index < -0.39 is 11.8 Å². The molecule has 0 radical (unpaired) electrons. The summed E-state index contributed by atoms with van der Waals surface area (Å²) in [7, 11) is 0. The van der Waals surface area contributed by atoms with E-state index >= 15 is 0 Å². The molecule has 1 heterocycles. The van der Waals surface area contributed by atoms with Crippen molar-refractivity contribution in [1.29, 1.82) is 0 Å². The van der Waals surface area contributed by atoms with E-state index in [-0.39, 0.29) is 17.3 Å². The molecule has 5 nitrogen and oxygen atoms in total. The smallest absolute Gasteiger partial charge is 0.278 e. The molecule has 30 heavy (non-hydrogen) atoms. The lowest BCUT2D eigenvalue weighted by Crippen LogP contribution is -2.34. The molecule has 150 valence electrons. The molecule has 3 aromatic carbocycles. The van der Waals surface area contributed by atoms with Crippen molar-refractivity contribution in [1.82, 2.24) is 4.90 Å². The van der Waals surface area contributed by atoms with Gasteiger partial charge in [-0.2, -0.15) is 0 Å². The van der Waals surface area contributed by atoms with Crippen molar-refractivity contribution in [3.8, 4) is 11.5 Å². The summed E-state index contributed by atoms with van der Waals surface area (Å²) in [5.41, 5.74) is 1.77. The van der Waals surface area contributed by atoms with Gasteiger partial charge in [0.1, 0.15) is 22.2 Å². The van der Waals surface area contributed by atoms with Gasteiger partial charge in [-0.3, -0.25) is 14.5 Å². The van der Waals surface area contributed by atoms with Crippen LogP contribution in [-0.2, 0) is 16.0 Å². The summed E-state index contributed by atoms with van der Waals surface area (Å²) in [6, 6.07) is 26.2. The largest absolute Gasteiger partial charge is 0.457 e. The van der Waals surface area contributed by atoms with Crippen molar-refractivity contribution in [2.24, 2.45) is 0 Å². The first kappa shape index (κ1) is 19.7. The highest BCUT2D eigenvalue weighted by Gasteiger charge is 2.37. The average Bonchev–Trinajstić information content (AvgIpc) is 2.98. The van der Waals surface area contributed by atoms with Crippen LogP contribution in [0.15, 0.2) is 95.7 Å². The minimum Gasteiger partial charge on any atom is -0.457 e. The van der Waals surface area contributed by atoms with Crippen LogP contribution >= 0.6 is 11.6 Å². The van der Waals surface area contributed by atoms with Crippen molar-refractivity contribution in [3.05, 3.63) is 101 Å². The maximum absolute atomic E-state index is 12.7. The predicted octanol–water partition coefficient (Wildman–Crippen LogP) is 4.95. The number of nitrogens with zero attached hydrogens (tertiary/aromatic N) is 1. The van der Waals surface area contributed by atoms with Gasteiger partial charge in [0.15, 0.2) is 0 Å². The Morgan fingerprint density at radius 3 is 2.03 bits per heavy atom. The number of para-hydroxylation sites is 1. The monoisotopic (exact) mass is 418 g/mol. The second kappa shape index (κ2) is 8.84. The molecule has 2 amide bonds. The van der Waals surface area contributed by atoms with Crippen LogP contribution in [0.25, 0.3) is 0 Å². The number of rotatable bonds is 7. The number of hydrogen-bond donors (Lipinski definition) is 1. The standard InChI is InChI=1S/C24H19ClN2O3/c25-21-22(24(29)27(23(21)28)16-15-17-7-3-1-4-8-17)26-18-11-13-20(14-12-18)30-19-9-5-2-6-10-19/h1-14,26H,15-16H2. The van der Waals surface area contributed by atoms with E-state index in [4.69, 9.17) is 16.3 Å². The van der Waals surface area contributed by atoms with Crippen molar-refractivity contribution < 1.29 is 14.3 Å². The number of nitrogens with one attached hydrogen (secondary N) is 1. The van der Waals surface area contributed by atoms with Gasteiger partial charge < -0.3 is 10.1 Å². The quantitative estimate of drug-likeness (QED) is 0.551. The number of benzene rings is 3. The van der Waals surface area contributed by atoms with Gasteiger partial charge in [-0.15, -0.1) is 0 Å². The van der Waals surface area contributed by atoms with E-state index in [9.17, 15) is 9.59 Å². The van der Waals surface area contributed by atoms with Crippen LogP contribution in [0.4, 0.5) is 5.69 Å². The van der Waals surface area contributed by atoms with Gasteiger partial charge in [0.2, 0.25) is 0 Å². The zero-order valence-electron chi connectivity index (χ0n) is 16.0. The molecule has 6 heteroatoms. The van der Waals surface area contributed by atoms with Crippen LogP contribution in [0.1, 0.15) is 5.56 Å². The van der Waals surface area contributed by atoms with Crippen molar-refractivity contribution in [2.75, 3.05) is 11.9 Å². The molecule has 0 fully saturated rings. The van der Waals surface area contributed by atoms with Crippen LogP contribution in [0.2, 0.25) is 0 Å². The Hall–Kier alpha value is -3.57. The lowest BCUT2D eigenvalue weighted by molar-refractivity contribution is -0.137. The molecular formula is C24H19ClN2O3. The van der Waals surface area contributed by atoms with Gasteiger partial charge in [-0.25, -0.2) is 0 Å². The Kier molecular flexibility index (Phi) is 5.82. The zero-order valence-corrected chi connectivity index (χ0v) is 16.8. The number of amides is 2. The SMILES string of the molecule is O=C1C(Cl)=C(Nc2ccc(Oc3ccccc3)cc2)C(=O)N1CCc1ccccc1. The first-order valence-electron chi connectivity index (χ1n) is 9.52. The molecule has 0 saturated heterocycles. The normalized spacial score (nSPS) is 13.7. The summed E-state index contributed by atoms with van der Waals surface area (Å²) in [5, 5.41) is 2.87. The number of ether oxygens (including phenoxy) is 1. The fourth-order valence-electron chi connectivity index (χ4n) is 3.12. The number of carbonyl (C=O) groups excluding carboxylic acids is 2. The Labute approximate surface area is 179 Å². The highest BCUT2D eigenvalue weighted by molar-refractivity contribution is 6.48. The van der Waals surface area contributed by atoms with E-state index in [0.717, 1.165) is 11.3 Å². The summed E-state index contributed by atoms with van der Waals surface area (Å²) in [6.45, 7) is 0.271. The van der Waals surface area contributed by atoms with Crippen LogP contribution in [0.5, 0.6) is 11.5 Å². The Balaban J connectivity index is 1.41. The Morgan fingerprint density at radius 2 is 1.37 bits per heavy atom. The summed E-state index contributed by atoms with van der Waals surface area (Å²) in [4.78, 5) is 26.4. The highest BCUT2D eigenvalue weighted by atomic mass is 35.5. The number of carbonyl (C=O) groups is 2.